The Bertz CT molecular complexity index is 1220. The largest absolute Gasteiger partial charge is 0.472 e. The van der Waals surface area contributed by atoms with E-state index in [1.807, 2.05) is 0 Å². The van der Waals surface area contributed by atoms with Crippen LogP contribution in [0.4, 0.5) is 0 Å². The van der Waals surface area contributed by atoms with Crippen molar-refractivity contribution < 1.29 is 66.3 Å². The van der Waals surface area contributed by atoms with Gasteiger partial charge in [-0.1, -0.05) is 121 Å². The van der Waals surface area contributed by atoms with E-state index in [0.29, 0.717) is 19.3 Å². The predicted molar refractivity (Wildman–Crippen MR) is 216 cm³/mol. The van der Waals surface area contributed by atoms with Crippen molar-refractivity contribution in [3.63, 3.8) is 0 Å². The lowest BCUT2D eigenvalue weighted by Gasteiger charge is -2.20. The van der Waals surface area contributed by atoms with Crippen LogP contribution in [-0.2, 0) is 46.5 Å². The molecule has 0 saturated carbocycles. The number of ether oxygens (including phenoxy) is 3. The zero-order valence-electron chi connectivity index (χ0n) is 34.1. The first-order valence-corrected chi connectivity index (χ1v) is 23.7. The highest BCUT2D eigenvalue weighted by atomic mass is 31.2. The molecule has 0 bridgehead atoms. The molecular formula is C40H72O14P2. The fourth-order valence-corrected chi connectivity index (χ4v) is 6.77. The first-order valence-electron chi connectivity index (χ1n) is 20.7. The highest BCUT2D eigenvalue weighted by Crippen LogP contribution is 2.44. The molecule has 14 nitrogen and oxygen atoms in total. The second-order valence-corrected chi connectivity index (χ2v) is 17.5. The van der Waals surface area contributed by atoms with Crippen LogP contribution in [0.15, 0.2) is 36.5 Å². The number of phosphoric ester groups is 2. The first-order chi connectivity index (χ1) is 26.7. The Morgan fingerprint density at radius 3 is 1.93 bits per heavy atom. The van der Waals surface area contributed by atoms with Gasteiger partial charge in [0.2, 0.25) is 0 Å². The third-order valence-electron chi connectivity index (χ3n) is 8.87. The van der Waals surface area contributed by atoms with Crippen LogP contribution in [0.5, 0.6) is 0 Å². The van der Waals surface area contributed by atoms with Crippen LogP contribution in [0.2, 0.25) is 0 Å². The van der Waals surface area contributed by atoms with E-state index in [1.165, 1.54) is 44.9 Å². The fourth-order valence-electron chi connectivity index (χ4n) is 5.62. The van der Waals surface area contributed by atoms with Crippen molar-refractivity contribution in [2.75, 3.05) is 26.4 Å². The highest BCUT2D eigenvalue weighted by Gasteiger charge is 2.36. The molecule has 1 rings (SSSR count). The van der Waals surface area contributed by atoms with E-state index in [1.54, 1.807) is 0 Å². The zero-order chi connectivity index (χ0) is 41.5. The summed E-state index contributed by atoms with van der Waals surface area (Å²) in [7, 11) is -9.69. The number of unbranched alkanes of at least 4 members (excludes halogenated alkanes) is 10. The smallest absolute Gasteiger partial charge is 0.462 e. The molecule has 0 aromatic carbocycles. The van der Waals surface area contributed by atoms with Gasteiger partial charge in [0.15, 0.2) is 6.10 Å². The van der Waals surface area contributed by atoms with E-state index in [0.717, 1.165) is 57.3 Å². The summed E-state index contributed by atoms with van der Waals surface area (Å²) >= 11 is 0. The molecule has 0 aliphatic carbocycles. The minimum Gasteiger partial charge on any atom is -0.462 e. The van der Waals surface area contributed by atoms with Crippen LogP contribution in [0.1, 0.15) is 149 Å². The van der Waals surface area contributed by atoms with Crippen LogP contribution in [0.25, 0.3) is 0 Å². The molecule has 56 heavy (non-hydrogen) atoms. The van der Waals surface area contributed by atoms with Gasteiger partial charge in [0.1, 0.15) is 12.7 Å². The van der Waals surface area contributed by atoms with Gasteiger partial charge in [-0.3, -0.25) is 23.2 Å². The quantitative estimate of drug-likeness (QED) is 0.0151. The molecule has 5 atom stereocenters. The lowest BCUT2D eigenvalue weighted by Crippen LogP contribution is -2.30. The molecule has 16 heteroatoms. The van der Waals surface area contributed by atoms with E-state index in [4.69, 9.17) is 28.5 Å². The molecule has 1 aliphatic heterocycles. The number of carbonyl (C=O) groups is 2. The van der Waals surface area contributed by atoms with Gasteiger partial charge in [0, 0.05) is 12.8 Å². The predicted octanol–water partition coefficient (Wildman–Crippen LogP) is 8.96. The number of aliphatic hydroxyl groups excluding tert-OH is 1. The van der Waals surface area contributed by atoms with E-state index in [2.05, 4.69) is 66.3 Å². The molecule has 3 unspecified atom stereocenters. The Kier molecular flexibility index (Phi) is 30.1. The molecule has 0 spiro atoms. The minimum absolute atomic E-state index is 0.0817. The third-order valence-corrected chi connectivity index (χ3v) is 10.3. The van der Waals surface area contributed by atoms with Crippen LogP contribution in [-0.4, -0.2) is 82.6 Å². The molecule has 1 heterocycles. The van der Waals surface area contributed by atoms with Crippen LogP contribution >= 0.6 is 15.6 Å². The number of carbonyl (C=O) groups excluding carboxylic acids is 2. The van der Waals surface area contributed by atoms with Gasteiger partial charge in [0.25, 0.3) is 0 Å². The van der Waals surface area contributed by atoms with E-state index >= 15 is 0 Å². The van der Waals surface area contributed by atoms with Crippen molar-refractivity contribution >= 4 is 27.6 Å². The second kappa shape index (κ2) is 32.2. The van der Waals surface area contributed by atoms with Gasteiger partial charge < -0.3 is 34.0 Å². The van der Waals surface area contributed by atoms with Crippen molar-refractivity contribution in [1.82, 2.24) is 0 Å². The summed E-state index contributed by atoms with van der Waals surface area (Å²) in [5, 5.41) is 9.73. The molecule has 1 saturated heterocycles. The van der Waals surface area contributed by atoms with Crippen molar-refractivity contribution in [3.05, 3.63) is 36.5 Å². The number of allylic oxidation sites excluding steroid dienone is 5. The summed E-state index contributed by atoms with van der Waals surface area (Å²) in [4.78, 5) is 52.7. The summed E-state index contributed by atoms with van der Waals surface area (Å²) in [5.41, 5.74) is 0. The van der Waals surface area contributed by atoms with Crippen LogP contribution in [0.3, 0.4) is 0 Å². The molecule has 0 aromatic rings. The van der Waals surface area contributed by atoms with E-state index in [-0.39, 0.29) is 25.0 Å². The summed E-state index contributed by atoms with van der Waals surface area (Å²) in [5.74, 6) is -0.380. The maximum Gasteiger partial charge on any atom is 0.472 e. The molecule has 0 aromatic heterocycles. The Hall–Kier alpha value is -1.70. The van der Waals surface area contributed by atoms with E-state index < -0.39 is 66.2 Å². The molecule has 0 amide bonds. The summed E-state index contributed by atoms with van der Waals surface area (Å²) < 4.78 is 53.4. The Morgan fingerprint density at radius 1 is 0.679 bits per heavy atom. The van der Waals surface area contributed by atoms with Gasteiger partial charge in [-0.2, -0.15) is 0 Å². The maximum absolute atomic E-state index is 12.6. The Labute approximate surface area is 335 Å². The number of hydrogen-bond donors (Lipinski definition) is 4. The fraction of sp³-hybridized carbons (Fsp3) is 0.800. The number of esters is 2. The minimum atomic E-state index is -4.87. The average Bonchev–Trinajstić information content (AvgIpc) is 3.89. The topological polar surface area (TPSA) is 208 Å². The van der Waals surface area contributed by atoms with Crippen molar-refractivity contribution in [1.29, 1.82) is 0 Å². The SMILES string of the molecule is CCCCC/C=C\C/C=C\C/C=C\CC1OC1CCCC(=O)OC[C@H](COP(=O)(O)OC[C@@H](O)COP(=O)(O)O)OC(=O)CCCCCCCCCCC(C)C. The lowest BCUT2D eigenvalue weighted by atomic mass is 10.0. The summed E-state index contributed by atoms with van der Waals surface area (Å²) in [6, 6.07) is 0. The number of aliphatic hydroxyl groups is 1. The highest BCUT2D eigenvalue weighted by molar-refractivity contribution is 7.47. The van der Waals surface area contributed by atoms with Gasteiger partial charge in [-0.05, 0) is 57.3 Å². The maximum atomic E-state index is 12.6. The number of phosphoric acid groups is 2. The van der Waals surface area contributed by atoms with Crippen molar-refractivity contribution in [2.45, 2.75) is 174 Å². The van der Waals surface area contributed by atoms with Crippen molar-refractivity contribution in [2.24, 2.45) is 5.92 Å². The second-order valence-electron chi connectivity index (χ2n) is 14.8. The average molecular weight is 839 g/mol. The molecule has 1 aliphatic rings. The van der Waals surface area contributed by atoms with Gasteiger partial charge in [0.05, 0.1) is 32.0 Å². The van der Waals surface area contributed by atoms with Crippen LogP contribution in [0, 0.1) is 5.92 Å². The number of rotatable bonds is 37. The lowest BCUT2D eigenvalue weighted by molar-refractivity contribution is -0.161. The summed E-state index contributed by atoms with van der Waals surface area (Å²) in [6.07, 6.45) is 29.0. The third kappa shape index (κ3) is 33.3. The standard InChI is InChI=1S/C40H72O14P2/c1-4-5-6-7-8-9-10-11-12-16-19-22-26-37-38(54-37)27-24-29-39(42)49-32-36(33-52-56(47,48)51-31-35(41)30-50-55(44,45)46)53-40(43)28-23-20-17-14-13-15-18-21-25-34(2)3/h8-9,11-12,19,22,34-38,41H,4-7,10,13-18,20-21,23-33H2,1-3H3,(H,47,48)(H2,44,45,46)/b9-8-,12-11-,22-19-/t35-,36+,37?,38?/m0/s1. The monoisotopic (exact) mass is 838 g/mol. The van der Waals surface area contributed by atoms with Crippen molar-refractivity contribution in [3.8, 4) is 0 Å². The molecular weight excluding hydrogens is 766 g/mol. The van der Waals surface area contributed by atoms with Crippen LogP contribution < -0.4 is 0 Å². The molecule has 1 fully saturated rings. The first kappa shape index (κ1) is 52.3. The number of hydrogen-bond acceptors (Lipinski definition) is 11. The van der Waals surface area contributed by atoms with Gasteiger partial charge in [-0.25, -0.2) is 9.13 Å². The van der Waals surface area contributed by atoms with Gasteiger partial charge in [-0.15, -0.1) is 0 Å². The Balaban J connectivity index is 2.42. The van der Waals surface area contributed by atoms with E-state index in [9.17, 15) is 28.7 Å². The zero-order valence-corrected chi connectivity index (χ0v) is 35.9. The van der Waals surface area contributed by atoms with Gasteiger partial charge >= 0.3 is 27.6 Å². The number of epoxide rings is 1. The molecule has 4 N–H and O–H groups in total. The molecule has 0 radical (unpaired) electrons. The molecule has 326 valence electrons. The summed E-state index contributed by atoms with van der Waals surface area (Å²) in [6.45, 7) is 3.89. The Morgan fingerprint density at radius 2 is 1.27 bits per heavy atom. The normalized spacial score (nSPS) is 18.2.